The van der Waals surface area contributed by atoms with E-state index < -0.39 is 23.2 Å². The number of nitrogens with one attached hydrogen (secondary N) is 1. The SMILES string of the molecule is COC(C)(C)N(O)[C@H]1CO[C@@H](n2cc(C)c(=O)[nH]c2=O)C1. The first-order valence-electron chi connectivity index (χ1n) is 6.73. The number of ether oxygens (including phenoxy) is 2. The third kappa shape index (κ3) is 3.08. The van der Waals surface area contributed by atoms with Crippen molar-refractivity contribution in [1.82, 2.24) is 14.6 Å². The average Bonchev–Trinajstić information content (AvgIpc) is 2.91. The summed E-state index contributed by atoms with van der Waals surface area (Å²) >= 11 is 0. The summed E-state index contributed by atoms with van der Waals surface area (Å²) in [5.41, 5.74) is -1.35. The van der Waals surface area contributed by atoms with Crippen molar-refractivity contribution in [3.63, 3.8) is 0 Å². The number of aromatic nitrogens is 2. The summed E-state index contributed by atoms with van der Waals surface area (Å²) in [6.45, 7) is 5.35. The van der Waals surface area contributed by atoms with E-state index in [1.54, 1.807) is 20.8 Å². The minimum atomic E-state index is -0.852. The van der Waals surface area contributed by atoms with Crippen LogP contribution in [0, 0.1) is 6.92 Å². The zero-order chi connectivity index (χ0) is 15.8. The van der Waals surface area contributed by atoms with Crippen LogP contribution in [0.2, 0.25) is 0 Å². The smallest absolute Gasteiger partial charge is 0.330 e. The maximum atomic E-state index is 11.8. The van der Waals surface area contributed by atoms with E-state index in [1.807, 2.05) is 0 Å². The Kier molecular flexibility index (Phi) is 4.33. The van der Waals surface area contributed by atoms with E-state index in [0.29, 0.717) is 12.0 Å². The van der Waals surface area contributed by atoms with Crippen LogP contribution >= 0.6 is 0 Å². The molecular weight excluding hydrogens is 278 g/mol. The highest BCUT2D eigenvalue weighted by molar-refractivity contribution is 5.01. The van der Waals surface area contributed by atoms with E-state index in [-0.39, 0.29) is 12.6 Å². The van der Waals surface area contributed by atoms with Crippen molar-refractivity contribution in [3.8, 4) is 0 Å². The summed E-state index contributed by atoms with van der Waals surface area (Å²) in [5, 5.41) is 11.3. The minimum Gasteiger partial charge on any atom is -0.362 e. The fourth-order valence-electron chi connectivity index (χ4n) is 2.29. The maximum absolute atomic E-state index is 11.8. The number of methoxy groups -OCH3 is 1. The van der Waals surface area contributed by atoms with Gasteiger partial charge in [0.25, 0.3) is 5.56 Å². The monoisotopic (exact) mass is 299 g/mol. The molecule has 0 amide bonds. The molecule has 1 aliphatic heterocycles. The summed E-state index contributed by atoms with van der Waals surface area (Å²) in [6.07, 6.45) is 1.35. The van der Waals surface area contributed by atoms with E-state index in [9.17, 15) is 14.8 Å². The molecule has 8 heteroatoms. The van der Waals surface area contributed by atoms with Gasteiger partial charge in [-0.3, -0.25) is 14.3 Å². The van der Waals surface area contributed by atoms with Crippen LogP contribution in [0.15, 0.2) is 15.8 Å². The molecule has 2 atom stereocenters. The molecule has 1 aliphatic rings. The van der Waals surface area contributed by atoms with Crippen molar-refractivity contribution in [2.75, 3.05) is 13.7 Å². The number of rotatable bonds is 4. The van der Waals surface area contributed by atoms with Gasteiger partial charge in [0.15, 0.2) is 0 Å². The highest BCUT2D eigenvalue weighted by atomic mass is 16.6. The van der Waals surface area contributed by atoms with Crippen LogP contribution < -0.4 is 11.2 Å². The molecule has 1 saturated heterocycles. The molecule has 0 aliphatic carbocycles. The van der Waals surface area contributed by atoms with Crippen LogP contribution in [0.25, 0.3) is 0 Å². The topological polar surface area (TPSA) is 96.8 Å². The van der Waals surface area contributed by atoms with Gasteiger partial charge in [-0.25, -0.2) is 4.79 Å². The van der Waals surface area contributed by atoms with Crippen LogP contribution in [0.4, 0.5) is 0 Å². The van der Waals surface area contributed by atoms with Crippen LogP contribution in [0.1, 0.15) is 32.1 Å². The van der Waals surface area contributed by atoms with Gasteiger partial charge in [0.2, 0.25) is 0 Å². The summed E-state index contributed by atoms with van der Waals surface area (Å²) in [4.78, 5) is 25.5. The van der Waals surface area contributed by atoms with Crippen molar-refractivity contribution in [2.24, 2.45) is 0 Å². The second kappa shape index (κ2) is 5.72. The molecule has 0 saturated carbocycles. The number of hydrogen-bond acceptors (Lipinski definition) is 6. The normalized spacial score (nSPS) is 23.0. The summed E-state index contributed by atoms with van der Waals surface area (Å²) in [6, 6.07) is -0.302. The fourth-order valence-corrected chi connectivity index (χ4v) is 2.29. The Balaban J connectivity index is 2.18. The lowest BCUT2D eigenvalue weighted by molar-refractivity contribution is -0.277. The largest absolute Gasteiger partial charge is 0.362 e. The second-order valence-corrected chi connectivity index (χ2v) is 5.65. The van der Waals surface area contributed by atoms with Crippen molar-refractivity contribution in [1.29, 1.82) is 0 Å². The van der Waals surface area contributed by atoms with Gasteiger partial charge < -0.3 is 14.7 Å². The molecule has 1 fully saturated rings. The molecule has 21 heavy (non-hydrogen) atoms. The van der Waals surface area contributed by atoms with Crippen LogP contribution in [0.5, 0.6) is 0 Å². The molecule has 1 aromatic heterocycles. The number of nitrogens with zero attached hydrogens (tertiary/aromatic N) is 2. The molecule has 0 bridgehead atoms. The predicted octanol–water partition coefficient (Wildman–Crippen LogP) is 0.206. The van der Waals surface area contributed by atoms with Gasteiger partial charge in [0, 0.05) is 25.3 Å². The standard InChI is InChI=1S/C13H21N3O5/c1-8-6-15(12(18)14-11(8)17)10-5-9(7-21-10)16(19)13(2,3)20-4/h6,9-10,19H,5,7H2,1-4H3,(H,14,17,18)/t9-,10-/m1/s1. The number of aromatic amines is 1. The fraction of sp³-hybridized carbons (Fsp3) is 0.692. The number of hydrogen-bond donors (Lipinski definition) is 2. The quantitative estimate of drug-likeness (QED) is 0.609. The molecule has 0 unspecified atom stereocenters. The highest BCUT2D eigenvalue weighted by Gasteiger charge is 2.38. The van der Waals surface area contributed by atoms with Crippen LogP contribution in [-0.2, 0) is 9.47 Å². The average molecular weight is 299 g/mol. The minimum absolute atomic E-state index is 0.262. The first kappa shape index (κ1) is 15.9. The van der Waals surface area contributed by atoms with Gasteiger partial charge >= 0.3 is 5.69 Å². The van der Waals surface area contributed by atoms with Crippen molar-refractivity contribution >= 4 is 0 Å². The van der Waals surface area contributed by atoms with E-state index in [1.165, 1.54) is 17.9 Å². The lowest BCUT2D eigenvalue weighted by Gasteiger charge is -2.35. The van der Waals surface area contributed by atoms with Crippen LogP contribution in [0.3, 0.4) is 0 Å². The second-order valence-electron chi connectivity index (χ2n) is 5.65. The molecule has 8 nitrogen and oxygen atoms in total. The van der Waals surface area contributed by atoms with Crippen molar-refractivity contribution in [2.45, 2.75) is 45.2 Å². The molecular formula is C13H21N3O5. The van der Waals surface area contributed by atoms with E-state index in [2.05, 4.69) is 4.98 Å². The predicted molar refractivity (Wildman–Crippen MR) is 74.2 cm³/mol. The Morgan fingerprint density at radius 2 is 2.19 bits per heavy atom. The maximum Gasteiger partial charge on any atom is 0.330 e. The Morgan fingerprint density at radius 1 is 1.52 bits per heavy atom. The van der Waals surface area contributed by atoms with E-state index in [0.717, 1.165) is 5.06 Å². The third-order valence-corrected chi connectivity index (χ3v) is 3.81. The first-order valence-corrected chi connectivity index (χ1v) is 6.73. The molecule has 0 aromatic carbocycles. The van der Waals surface area contributed by atoms with E-state index in [4.69, 9.17) is 9.47 Å². The van der Waals surface area contributed by atoms with Gasteiger partial charge in [-0.2, -0.15) is 5.06 Å². The van der Waals surface area contributed by atoms with Crippen LogP contribution in [-0.4, -0.2) is 45.3 Å². The van der Waals surface area contributed by atoms with Crippen molar-refractivity contribution < 1.29 is 14.7 Å². The molecule has 118 valence electrons. The molecule has 1 aromatic rings. The molecule has 0 spiro atoms. The number of aryl methyl sites for hydroxylation is 1. The zero-order valence-corrected chi connectivity index (χ0v) is 12.6. The van der Waals surface area contributed by atoms with Gasteiger partial charge in [-0.15, -0.1) is 0 Å². The Hall–Kier alpha value is -1.48. The van der Waals surface area contributed by atoms with E-state index >= 15 is 0 Å². The highest BCUT2D eigenvalue weighted by Crippen LogP contribution is 2.28. The summed E-state index contributed by atoms with van der Waals surface area (Å²) in [5.74, 6) is 0. The Bertz CT molecular complexity index is 621. The zero-order valence-electron chi connectivity index (χ0n) is 12.6. The molecule has 2 rings (SSSR count). The van der Waals surface area contributed by atoms with Gasteiger partial charge in [-0.05, 0) is 20.8 Å². The van der Waals surface area contributed by atoms with Gasteiger partial charge in [0.1, 0.15) is 12.0 Å². The third-order valence-electron chi connectivity index (χ3n) is 3.81. The lowest BCUT2D eigenvalue weighted by Crippen LogP contribution is -2.49. The Labute approximate surface area is 121 Å². The lowest BCUT2D eigenvalue weighted by atomic mass is 10.1. The first-order chi connectivity index (χ1) is 9.76. The summed E-state index contributed by atoms with van der Waals surface area (Å²) in [7, 11) is 1.51. The summed E-state index contributed by atoms with van der Waals surface area (Å²) < 4.78 is 12.1. The molecule has 2 N–H and O–H groups in total. The number of H-pyrrole nitrogens is 1. The molecule has 0 radical (unpaired) electrons. The Morgan fingerprint density at radius 3 is 2.81 bits per heavy atom. The van der Waals surface area contributed by atoms with Gasteiger partial charge in [-0.1, -0.05) is 0 Å². The van der Waals surface area contributed by atoms with Gasteiger partial charge in [0.05, 0.1) is 12.6 Å². The molecule has 2 heterocycles. The van der Waals surface area contributed by atoms with Crippen molar-refractivity contribution in [3.05, 3.63) is 32.6 Å². The number of hydroxylamine groups is 2.